The van der Waals surface area contributed by atoms with Crippen molar-refractivity contribution < 1.29 is 19.2 Å². The van der Waals surface area contributed by atoms with E-state index in [4.69, 9.17) is 20.1 Å². The molecule has 1 saturated heterocycles. The fraction of sp³-hybridized carbons (Fsp3) is 0.500. The molecule has 3 N–H and O–H groups in total. The quantitative estimate of drug-likeness (QED) is 0.320. The molecule has 0 aliphatic carbocycles. The predicted molar refractivity (Wildman–Crippen MR) is 60.3 cm³/mol. The molecule has 0 bridgehead atoms. The molecule has 1 aromatic rings. The van der Waals surface area contributed by atoms with Gasteiger partial charge in [-0.2, -0.15) is 0 Å². The first-order valence-electron chi connectivity index (χ1n) is 5.42. The molecule has 1 aliphatic heterocycles. The third kappa shape index (κ3) is 2.28. The molecule has 0 aromatic carbocycles. The van der Waals surface area contributed by atoms with E-state index in [2.05, 4.69) is 10.1 Å². The van der Waals surface area contributed by atoms with E-state index in [-0.39, 0.29) is 24.0 Å². The van der Waals surface area contributed by atoms with Gasteiger partial charge in [0.05, 0.1) is 18.8 Å². The van der Waals surface area contributed by atoms with Gasteiger partial charge in [-0.1, -0.05) is 5.16 Å². The zero-order valence-electron chi connectivity index (χ0n) is 9.87. The molecule has 1 amide bonds. The van der Waals surface area contributed by atoms with Gasteiger partial charge in [0.1, 0.15) is 6.10 Å². The summed E-state index contributed by atoms with van der Waals surface area (Å²) in [6.45, 7) is 2.65. The number of carbonyl (C=O) groups excluding carboxylic acids is 1. The molecular formula is C10H14N4O4. The highest BCUT2D eigenvalue weighted by Gasteiger charge is 2.29. The summed E-state index contributed by atoms with van der Waals surface area (Å²) in [5.74, 6) is -0.124. The molecule has 98 valence electrons. The summed E-state index contributed by atoms with van der Waals surface area (Å²) in [4.78, 5) is 17.5. The molecule has 2 rings (SSSR count). The molecule has 1 fully saturated rings. The third-order valence-electron chi connectivity index (χ3n) is 2.74. The van der Waals surface area contributed by atoms with Crippen LogP contribution >= 0.6 is 0 Å². The van der Waals surface area contributed by atoms with Crippen LogP contribution in [0.2, 0.25) is 0 Å². The first-order chi connectivity index (χ1) is 8.63. The minimum absolute atomic E-state index is 0.0539. The van der Waals surface area contributed by atoms with E-state index in [1.165, 1.54) is 11.3 Å². The number of nitrogens with two attached hydrogens (primary N) is 1. The minimum Gasteiger partial charge on any atom is -0.438 e. The SMILES string of the molecule is Cc1ncoc1C(=O)N1CCOC(C(N)=NO)C1. The Morgan fingerprint density at radius 1 is 1.72 bits per heavy atom. The molecule has 0 saturated carbocycles. The van der Waals surface area contributed by atoms with Crippen molar-refractivity contribution in [3.8, 4) is 0 Å². The highest BCUT2D eigenvalue weighted by molar-refractivity contribution is 5.93. The largest absolute Gasteiger partial charge is 0.438 e. The number of morpholine rings is 1. The van der Waals surface area contributed by atoms with Crippen LogP contribution in [0.4, 0.5) is 0 Å². The Morgan fingerprint density at radius 3 is 3.11 bits per heavy atom. The van der Waals surface area contributed by atoms with Crippen LogP contribution in [0.25, 0.3) is 0 Å². The highest BCUT2D eigenvalue weighted by Crippen LogP contribution is 2.13. The molecule has 1 unspecified atom stereocenters. The first kappa shape index (κ1) is 12.4. The van der Waals surface area contributed by atoms with Gasteiger partial charge in [0.15, 0.2) is 12.2 Å². The zero-order chi connectivity index (χ0) is 13.1. The minimum atomic E-state index is -0.601. The van der Waals surface area contributed by atoms with E-state index in [0.29, 0.717) is 18.8 Å². The Labute approximate surface area is 103 Å². The van der Waals surface area contributed by atoms with Gasteiger partial charge in [0, 0.05) is 6.54 Å². The molecule has 8 nitrogen and oxygen atoms in total. The molecule has 18 heavy (non-hydrogen) atoms. The standard InChI is InChI=1S/C10H14N4O4/c1-6-8(18-5-12-6)10(15)14-2-3-17-7(4-14)9(11)13-16/h5,7,16H,2-4H2,1H3,(H2,11,13). The molecular weight excluding hydrogens is 240 g/mol. The van der Waals surface area contributed by atoms with Gasteiger partial charge < -0.3 is 25.0 Å². The first-order valence-corrected chi connectivity index (χ1v) is 5.42. The van der Waals surface area contributed by atoms with Crippen molar-refractivity contribution in [1.29, 1.82) is 0 Å². The zero-order valence-corrected chi connectivity index (χ0v) is 9.87. The van der Waals surface area contributed by atoms with Crippen LogP contribution < -0.4 is 5.73 Å². The van der Waals surface area contributed by atoms with Crippen LogP contribution in [0, 0.1) is 6.92 Å². The molecule has 8 heteroatoms. The second-order valence-electron chi connectivity index (χ2n) is 3.90. The number of rotatable bonds is 2. The van der Waals surface area contributed by atoms with Crippen LogP contribution in [0.3, 0.4) is 0 Å². The number of hydrogen-bond acceptors (Lipinski definition) is 6. The van der Waals surface area contributed by atoms with Crippen LogP contribution in [0.1, 0.15) is 16.2 Å². The van der Waals surface area contributed by atoms with Gasteiger partial charge in [0.25, 0.3) is 5.91 Å². The topological polar surface area (TPSA) is 114 Å². The van der Waals surface area contributed by atoms with Crippen LogP contribution in [0.5, 0.6) is 0 Å². The Morgan fingerprint density at radius 2 is 2.50 bits per heavy atom. The van der Waals surface area contributed by atoms with E-state index in [1.54, 1.807) is 6.92 Å². The summed E-state index contributed by atoms with van der Waals surface area (Å²) in [6, 6.07) is 0. The maximum Gasteiger partial charge on any atom is 0.291 e. The van der Waals surface area contributed by atoms with Gasteiger partial charge in [-0.3, -0.25) is 4.79 Å². The van der Waals surface area contributed by atoms with Crippen molar-refractivity contribution in [1.82, 2.24) is 9.88 Å². The van der Waals surface area contributed by atoms with E-state index in [9.17, 15) is 4.79 Å². The Balaban J connectivity index is 2.10. The van der Waals surface area contributed by atoms with Crippen molar-refractivity contribution in [2.45, 2.75) is 13.0 Å². The summed E-state index contributed by atoms with van der Waals surface area (Å²) in [7, 11) is 0. The van der Waals surface area contributed by atoms with E-state index < -0.39 is 6.10 Å². The lowest BCUT2D eigenvalue weighted by atomic mass is 10.2. The fourth-order valence-corrected chi connectivity index (χ4v) is 1.73. The lowest BCUT2D eigenvalue weighted by Gasteiger charge is -2.31. The molecule has 1 atom stereocenters. The maximum atomic E-state index is 12.1. The molecule has 2 heterocycles. The number of carbonyl (C=O) groups is 1. The van der Waals surface area contributed by atoms with Crippen molar-refractivity contribution in [3.63, 3.8) is 0 Å². The van der Waals surface area contributed by atoms with Crippen molar-refractivity contribution in [2.75, 3.05) is 19.7 Å². The average molecular weight is 254 g/mol. The summed E-state index contributed by atoms with van der Waals surface area (Å²) in [5.41, 5.74) is 5.99. The van der Waals surface area contributed by atoms with Crippen LogP contribution in [-0.4, -0.2) is 52.6 Å². The average Bonchev–Trinajstić information content (AvgIpc) is 2.83. The van der Waals surface area contributed by atoms with Crippen molar-refractivity contribution >= 4 is 11.7 Å². The monoisotopic (exact) mass is 254 g/mol. The number of oxazole rings is 1. The molecule has 0 spiro atoms. The van der Waals surface area contributed by atoms with Gasteiger partial charge in [-0.25, -0.2) is 4.98 Å². The van der Waals surface area contributed by atoms with E-state index in [0.717, 1.165) is 0 Å². The smallest absolute Gasteiger partial charge is 0.291 e. The number of aryl methyl sites for hydroxylation is 1. The number of oxime groups is 1. The highest BCUT2D eigenvalue weighted by atomic mass is 16.5. The number of amides is 1. The third-order valence-corrected chi connectivity index (χ3v) is 2.74. The lowest BCUT2D eigenvalue weighted by Crippen LogP contribution is -2.50. The summed E-state index contributed by atoms with van der Waals surface area (Å²) < 4.78 is 10.4. The molecule has 1 aliphatic rings. The van der Waals surface area contributed by atoms with Crippen LogP contribution in [0.15, 0.2) is 16.0 Å². The number of nitrogens with zero attached hydrogens (tertiary/aromatic N) is 3. The van der Waals surface area contributed by atoms with Crippen molar-refractivity contribution in [2.24, 2.45) is 10.9 Å². The van der Waals surface area contributed by atoms with Crippen molar-refractivity contribution in [3.05, 3.63) is 17.8 Å². The van der Waals surface area contributed by atoms with Gasteiger partial charge in [-0.05, 0) is 6.92 Å². The van der Waals surface area contributed by atoms with Gasteiger partial charge >= 0.3 is 0 Å². The second kappa shape index (κ2) is 5.05. The fourth-order valence-electron chi connectivity index (χ4n) is 1.73. The van der Waals surface area contributed by atoms with Gasteiger partial charge in [-0.15, -0.1) is 0 Å². The number of ether oxygens (including phenoxy) is 1. The summed E-state index contributed by atoms with van der Waals surface area (Å²) in [5, 5.41) is 11.5. The van der Waals surface area contributed by atoms with Crippen LogP contribution in [-0.2, 0) is 4.74 Å². The lowest BCUT2D eigenvalue weighted by molar-refractivity contribution is 0.00530. The van der Waals surface area contributed by atoms with Gasteiger partial charge in [0.2, 0.25) is 5.76 Å². The van der Waals surface area contributed by atoms with E-state index in [1.807, 2.05) is 0 Å². The molecule has 0 radical (unpaired) electrons. The van der Waals surface area contributed by atoms with E-state index >= 15 is 0 Å². The number of aromatic nitrogens is 1. The normalized spacial score (nSPS) is 21.1. The predicted octanol–water partition coefficient (Wildman–Crippen LogP) is -0.430. The Bertz CT molecular complexity index is 470. The summed E-state index contributed by atoms with van der Waals surface area (Å²) in [6.07, 6.45) is 0.625. The number of hydrogen-bond donors (Lipinski definition) is 2. The second-order valence-corrected chi connectivity index (χ2v) is 3.90. The number of amidine groups is 1. The summed E-state index contributed by atoms with van der Waals surface area (Å²) >= 11 is 0. The Kier molecular flexibility index (Phi) is 3.47. The maximum absolute atomic E-state index is 12.1. The molecule has 1 aromatic heterocycles. The Hall–Kier alpha value is -2.09.